The number of carbonyl (C=O) groups is 3. The Morgan fingerprint density at radius 3 is 2.27 bits per heavy atom. The Kier molecular flexibility index (Phi) is 12.3. The second-order valence-electron chi connectivity index (χ2n) is 7.75. The van der Waals surface area contributed by atoms with Gasteiger partial charge in [0.1, 0.15) is 0 Å². The number of amides is 2. The Morgan fingerprint density at radius 1 is 0.818 bits per heavy atom. The van der Waals surface area contributed by atoms with Gasteiger partial charge in [0.2, 0.25) is 5.91 Å². The van der Waals surface area contributed by atoms with Crippen molar-refractivity contribution >= 4 is 17.8 Å². The number of hydrogen-bond acceptors (Lipinski definition) is 6. The van der Waals surface area contributed by atoms with Crippen LogP contribution in [0.3, 0.4) is 0 Å². The third-order valence-corrected chi connectivity index (χ3v) is 4.92. The summed E-state index contributed by atoms with van der Waals surface area (Å²) in [6.07, 6.45) is 4.26. The van der Waals surface area contributed by atoms with Gasteiger partial charge in [-0.3, -0.25) is 9.59 Å². The first kappa shape index (κ1) is 26.0. The van der Waals surface area contributed by atoms with E-state index in [1.807, 2.05) is 24.3 Å². The topological polar surface area (TPSA) is 123 Å². The molecule has 0 aromatic heterocycles. The molecule has 0 spiro atoms. The number of hydroxylamine groups is 1. The summed E-state index contributed by atoms with van der Waals surface area (Å²) >= 11 is 0. The van der Waals surface area contributed by atoms with Crippen LogP contribution in [0.25, 0.3) is 0 Å². The molecule has 0 saturated heterocycles. The van der Waals surface area contributed by atoms with Crippen molar-refractivity contribution in [3.05, 3.63) is 71.3 Å². The van der Waals surface area contributed by atoms with Gasteiger partial charge in [0, 0.05) is 19.6 Å². The van der Waals surface area contributed by atoms with Gasteiger partial charge < -0.3 is 21.2 Å². The van der Waals surface area contributed by atoms with E-state index in [0.29, 0.717) is 13.1 Å². The lowest BCUT2D eigenvalue weighted by molar-refractivity contribution is -0.158. The van der Waals surface area contributed by atoms with Crippen molar-refractivity contribution in [2.75, 3.05) is 26.2 Å². The Morgan fingerprint density at radius 2 is 1.52 bits per heavy atom. The average Bonchev–Trinajstić information content (AvgIpc) is 2.82. The summed E-state index contributed by atoms with van der Waals surface area (Å²) in [7, 11) is 0. The fourth-order valence-electron chi connectivity index (χ4n) is 3.25. The third-order valence-electron chi connectivity index (χ3n) is 4.92. The Balaban J connectivity index is 1.61. The van der Waals surface area contributed by atoms with E-state index in [0.717, 1.165) is 31.2 Å². The molecule has 0 atom stereocenters. The number of nitrogens with two attached hydrogens (primary N) is 1. The van der Waals surface area contributed by atoms with E-state index in [9.17, 15) is 14.4 Å². The minimum Gasteiger partial charge on any atom is -0.354 e. The number of unbranched alkanes of at least 4 members (excludes halogenated alkanes) is 1. The first-order valence-electron chi connectivity index (χ1n) is 11.3. The lowest BCUT2D eigenvalue weighted by Gasteiger charge is -2.08. The lowest BCUT2D eigenvalue weighted by Crippen LogP contribution is -2.37. The van der Waals surface area contributed by atoms with Gasteiger partial charge in [-0.2, -0.15) is 5.48 Å². The van der Waals surface area contributed by atoms with Crippen LogP contribution in [0.2, 0.25) is 0 Å². The molecule has 0 fully saturated rings. The highest BCUT2D eigenvalue weighted by Crippen LogP contribution is 2.11. The SMILES string of the molecule is NCCNCC(=O)NCCC(=O)ONC(=O)Cc1cccc(CCCCc2ccccc2)c1. The molecule has 0 aliphatic heterocycles. The molecule has 0 unspecified atom stereocenters. The number of aryl methyl sites for hydroxylation is 2. The normalized spacial score (nSPS) is 10.5. The maximum absolute atomic E-state index is 12.1. The summed E-state index contributed by atoms with van der Waals surface area (Å²) in [4.78, 5) is 40.1. The Bertz CT molecular complexity index is 874. The van der Waals surface area contributed by atoms with Crippen LogP contribution in [-0.4, -0.2) is 44.0 Å². The van der Waals surface area contributed by atoms with Gasteiger partial charge in [0.05, 0.1) is 19.4 Å². The molecule has 8 heteroatoms. The fourth-order valence-corrected chi connectivity index (χ4v) is 3.25. The predicted molar refractivity (Wildman–Crippen MR) is 127 cm³/mol. The second-order valence-corrected chi connectivity index (χ2v) is 7.75. The molecule has 2 amide bonds. The molecule has 2 rings (SSSR count). The number of hydrogen-bond donors (Lipinski definition) is 4. The highest BCUT2D eigenvalue weighted by molar-refractivity contribution is 5.80. The zero-order chi connectivity index (χ0) is 23.7. The highest BCUT2D eigenvalue weighted by atomic mass is 16.7. The van der Waals surface area contributed by atoms with E-state index in [1.165, 1.54) is 11.1 Å². The number of benzene rings is 2. The van der Waals surface area contributed by atoms with Crippen LogP contribution in [0.1, 0.15) is 36.0 Å². The van der Waals surface area contributed by atoms with Crippen LogP contribution in [0.4, 0.5) is 0 Å². The molecule has 5 N–H and O–H groups in total. The summed E-state index contributed by atoms with van der Waals surface area (Å²) in [5.74, 6) is -1.26. The third kappa shape index (κ3) is 11.8. The minimum atomic E-state index is -0.620. The van der Waals surface area contributed by atoms with Crippen molar-refractivity contribution in [1.82, 2.24) is 16.1 Å². The zero-order valence-electron chi connectivity index (χ0n) is 19.0. The predicted octanol–water partition coefficient (Wildman–Crippen LogP) is 1.42. The largest absolute Gasteiger partial charge is 0.354 e. The van der Waals surface area contributed by atoms with Crippen LogP contribution in [0, 0.1) is 0 Å². The van der Waals surface area contributed by atoms with E-state index in [4.69, 9.17) is 10.6 Å². The van der Waals surface area contributed by atoms with Gasteiger partial charge in [-0.15, -0.1) is 0 Å². The van der Waals surface area contributed by atoms with Gasteiger partial charge in [0.25, 0.3) is 5.91 Å². The minimum absolute atomic E-state index is 0.0403. The highest BCUT2D eigenvalue weighted by Gasteiger charge is 2.09. The monoisotopic (exact) mass is 454 g/mol. The second kappa shape index (κ2) is 15.6. The Labute approximate surface area is 195 Å². The Hall–Kier alpha value is -3.23. The summed E-state index contributed by atoms with van der Waals surface area (Å²) in [6.45, 7) is 1.25. The maximum atomic E-state index is 12.1. The molecular formula is C25H34N4O4. The van der Waals surface area contributed by atoms with Crippen molar-refractivity contribution in [2.45, 2.75) is 38.5 Å². The van der Waals surface area contributed by atoms with Crippen molar-refractivity contribution < 1.29 is 19.2 Å². The van der Waals surface area contributed by atoms with Crippen molar-refractivity contribution in [1.29, 1.82) is 0 Å². The van der Waals surface area contributed by atoms with Crippen LogP contribution in [-0.2, 0) is 38.5 Å². The van der Waals surface area contributed by atoms with Gasteiger partial charge in [0.15, 0.2) is 0 Å². The van der Waals surface area contributed by atoms with Crippen LogP contribution >= 0.6 is 0 Å². The summed E-state index contributed by atoms with van der Waals surface area (Å²) < 4.78 is 0. The molecule has 2 aromatic carbocycles. The van der Waals surface area contributed by atoms with E-state index in [1.54, 1.807) is 0 Å². The summed E-state index contributed by atoms with van der Waals surface area (Å²) in [5.41, 5.74) is 10.9. The van der Waals surface area contributed by atoms with E-state index >= 15 is 0 Å². The summed E-state index contributed by atoms with van der Waals surface area (Å²) in [6, 6.07) is 18.3. The quantitative estimate of drug-likeness (QED) is 0.253. The van der Waals surface area contributed by atoms with Gasteiger partial charge in [-0.05, 0) is 42.4 Å². The van der Waals surface area contributed by atoms with Gasteiger partial charge in [-0.25, -0.2) is 4.79 Å². The number of carbonyl (C=O) groups excluding carboxylic acids is 3. The number of rotatable bonds is 14. The molecule has 8 nitrogen and oxygen atoms in total. The molecule has 0 radical (unpaired) electrons. The molecule has 0 saturated carbocycles. The molecule has 0 aliphatic rings. The smallest absolute Gasteiger partial charge is 0.334 e. The van der Waals surface area contributed by atoms with Crippen LogP contribution in [0.15, 0.2) is 54.6 Å². The standard InChI is InChI=1S/C25H34N4O4/c26-14-16-27-19-24(31)28-15-13-25(32)33-29-23(30)18-22-12-6-11-21(17-22)10-5-4-9-20-7-2-1-3-8-20/h1-3,6-8,11-12,17,27H,4-5,9-10,13-16,18-19,26H2,(H,28,31)(H,29,30). The van der Waals surface area contributed by atoms with Crippen molar-refractivity contribution in [2.24, 2.45) is 5.73 Å². The lowest BCUT2D eigenvalue weighted by atomic mass is 10.0. The van der Waals surface area contributed by atoms with Crippen molar-refractivity contribution in [3.63, 3.8) is 0 Å². The van der Waals surface area contributed by atoms with Gasteiger partial charge in [-0.1, -0.05) is 54.6 Å². The first-order chi connectivity index (χ1) is 16.1. The molecular weight excluding hydrogens is 420 g/mol. The molecule has 2 aromatic rings. The van der Waals surface area contributed by atoms with E-state index in [2.05, 4.69) is 46.4 Å². The van der Waals surface area contributed by atoms with E-state index < -0.39 is 11.9 Å². The summed E-state index contributed by atoms with van der Waals surface area (Å²) in [5, 5.41) is 5.43. The zero-order valence-corrected chi connectivity index (χ0v) is 19.0. The first-order valence-corrected chi connectivity index (χ1v) is 11.3. The fraction of sp³-hybridized carbons (Fsp3) is 0.400. The maximum Gasteiger partial charge on any atom is 0.334 e. The average molecular weight is 455 g/mol. The molecule has 178 valence electrons. The van der Waals surface area contributed by atoms with Crippen molar-refractivity contribution in [3.8, 4) is 0 Å². The van der Waals surface area contributed by atoms with Gasteiger partial charge >= 0.3 is 5.97 Å². The molecule has 0 heterocycles. The van der Waals surface area contributed by atoms with Crippen LogP contribution < -0.4 is 21.8 Å². The number of nitrogens with one attached hydrogen (secondary N) is 3. The molecule has 33 heavy (non-hydrogen) atoms. The van der Waals surface area contributed by atoms with Crippen LogP contribution in [0.5, 0.6) is 0 Å². The van der Waals surface area contributed by atoms with E-state index in [-0.39, 0.29) is 31.8 Å². The molecule has 0 aliphatic carbocycles. The molecule has 0 bridgehead atoms.